The molecule has 0 aromatic heterocycles. The molecule has 0 saturated carbocycles. The topological polar surface area (TPSA) is 89.7 Å². The van der Waals surface area contributed by atoms with Crippen molar-refractivity contribution < 1.29 is 17.9 Å². The molecular weight excluding hydrogens is 292 g/mol. The van der Waals surface area contributed by atoms with E-state index in [1.54, 1.807) is 35.2 Å². The quantitative estimate of drug-likeness (QED) is 0.790. The van der Waals surface area contributed by atoms with Crippen LogP contribution in [0.2, 0.25) is 0 Å². The van der Waals surface area contributed by atoms with Gasteiger partial charge in [-0.15, -0.1) is 0 Å². The molecule has 1 aliphatic heterocycles. The van der Waals surface area contributed by atoms with Crippen molar-refractivity contribution in [2.45, 2.75) is 6.42 Å². The number of nitrogens with two attached hydrogens (primary N) is 1. The Morgan fingerprint density at radius 2 is 2.24 bits per heavy atom. The summed E-state index contributed by atoms with van der Waals surface area (Å²) in [6, 6.07) is 7.11. The molecule has 21 heavy (non-hydrogen) atoms. The predicted molar refractivity (Wildman–Crippen MR) is 80.6 cm³/mol. The van der Waals surface area contributed by atoms with Crippen molar-refractivity contribution in [3.63, 3.8) is 0 Å². The molecule has 1 amide bonds. The van der Waals surface area contributed by atoms with Gasteiger partial charge in [0.25, 0.3) is 0 Å². The summed E-state index contributed by atoms with van der Waals surface area (Å²) in [6.07, 6.45) is 1.82. The fourth-order valence-electron chi connectivity index (χ4n) is 2.37. The summed E-state index contributed by atoms with van der Waals surface area (Å²) in [6.45, 7) is 4.30. The van der Waals surface area contributed by atoms with Crippen LogP contribution >= 0.6 is 0 Å². The van der Waals surface area contributed by atoms with E-state index in [0.29, 0.717) is 24.6 Å². The average molecular weight is 310 g/mol. The van der Waals surface area contributed by atoms with Crippen molar-refractivity contribution in [1.29, 1.82) is 0 Å². The van der Waals surface area contributed by atoms with Crippen LogP contribution in [0.1, 0.15) is 6.42 Å². The summed E-state index contributed by atoms with van der Waals surface area (Å²) in [5, 5.41) is 5.04. The highest BCUT2D eigenvalue weighted by molar-refractivity contribution is 7.89. The predicted octanol–water partition coefficient (Wildman–Crippen LogP) is 0.893. The molecular formula is C14H18N2O4S. The van der Waals surface area contributed by atoms with E-state index in [4.69, 9.17) is 9.88 Å². The Hall–Kier alpha value is -1.86. The van der Waals surface area contributed by atoms with Crippen molar-refractivity contribution in [1.82, 2.24) is 0 Å². The minimum Gasteiger partial charge on any atom is -0.489 e. The van der Waals surface area contributed by atoms with Crippen molar-refractivity contribution in [3.05, 3.63) is 36.9 Å². The standard InChI is InChI=1S/C14H18N2O4S/c1-2-6-20-13-5-3-4-12(8-13)16-9-11(7-14(16)17)10-21(15,18)19/h2-5,8,11H,1,6-7,9-10H2,(H2,15,18,19). The van der Waals surface area contributed by atoms with E-state index < -0.39 is 10.0 Å². The molecule has 0 bridgehead atoms. The molecule has 114 valence electrons. The summed E-state index contributed by atoms with van der Waals surface area (Å²) >= 11 is 0. The maximum Gasteiger partial charge on any atom is 0.227 e. The smallest absolute Gasteiger partial charge is 0.227 e. The van der Waals surface area contributed by atoms with Crippen LogP contribution in [0.15, 0.2) is 36.9 Å². The number of benzene rings is 1. The molecule has 1 unspecified atom stereocenters. The number of sulfonamides is 1. The van der Waals surface area contributed by atoms with Gasteiger partial charge in [-0.2, -0.15) is 0 Å². The lowest BCUT2D eigenvalue weighted by Crippen LogP contribution is -2.27. The number of ether oxygens (including phenoxy) is 1. The fraction of sp³-hybridized carbons (Fsp3) is 0.357. The third-order valence-electron chi connectivity index (χ3n) is 3.17. The van der Waals surface area contributed by atoms with Crippen LogP contribution in [-0.2, 0) is 14.8 Å². The van der Waals surface area contributed by atoms with Gasteiger partial charge in [0.05, 0.1) is 5.75 Å². The Kier molecular flexibility index (Phi) is 4.64. The van der Waals surface area contributed by atoms with E-state index in [2.05, 4.69) is 6.58 Å². The molecule has 1 saturated heterocycles. The highest BCUT2D eigenvalue weighted by Gasteiger charge is 2.32. The fourth-order valence-corrected chi connectivity index (χ4v) is 3.25. The van der Waals surface area contributed by atoms with E-state index in [1.807, 2.05) is 0 Å². The van der Waals surface area contributed by atoms with Crippen molar-refractivity contribution in [2.75, 3.05) is 23.8 Å². The molecule has 1 heterocycles. The molecule has 6 nitrogen and oxygen atoms in total. The lowest BCUT2D eigenvalue weighted by Gasteiger charge is -2.17. The van der Waals surface area contributed by atoms with Gasteiger partial charge >= 0.3 is 0 Å². The number of amides is 1. The molecule has 0 spiro atoms. The number of nitrogens with zero attached hydrogens (tertiary/aromatic N) is 1. The number of hydrogen-bond acceptors (Lipinski definition) is 4. The zero-order chi connectivity index (χ0) is 15.5. The maximum atomic E-state index is 12.0. The second-order valence-corrected chi connectivity index (χ2v) is 6.66. The van der Waals surface area contributed by atoms with Gasteiger partial charge in [-0.1, -0.05) is 18.7 Å². The zero-order valence-corrected chi connectivity index (χ0v) is 12.4. The van der Waals surface area contributed by atoms with Crippen molar-refractivity contribution >= 4 is 21.6 Å². The average Bonchev–Trinajstić information content (AvgIpc) is 2.75. The van der Waals surface area contributed by atoms with Crippen LogP contribution in [0, 0.1) is 5.92 Å². The number of primary sulfonamides is 1. The van der Waals surface area contributed by atoms with Crippen LogP contribution in [0.5, 0.6) is 5.75 Å². The highest BCUT2D eigenvalue weighted by Crippen LogP contribution is 2.28. The molecule has 0 radical (unpaired) electrons. The third-order valence-corrected chi connectivity index (χ3v) is 4.11. The van der Waals surface area contributed by atoms with Crippen LogP contribution in [-0.4, -0.2) is 33.2 Å². The Morgan fingerprint density at radius 1 is 1.48 bits per heavy atom. The van der Waals surface area contributed by atoms with E-state index in [1.165, 1.54) is 0 Å². The summed E-state index contributed by atoms with van der Waals surface area (Å²) in [5.41, 5.74) is 0.693. The van der Waals surface area contributed by atoms with Gasteiger partial charge in [0.1, 0.15) is 12.4 Å². The van der Waals surface area contributed by atoms with Gasteiger partial charge in [-0.25, -0.2) is 13.6 Å². The van der Waals surface area contributed by atoms with Gasteiger partial charge in [-0.05, 0) is 12.1 Å². The minimum atomic E-state index is -3.57. The Bertz CT molecular complexity index is 642. The van der Waals surface area contributed by atoms with Gasteiger partial charge in [0, 0.05) is 30.6 Å². The molecule has 1 aliphatic rings. The molecule has 1 fully saturated rings. The second kappa shape index (κ2) is 6.28. The minimum absolute atomic E-state index is 0.107. The second-order valence-electron chi connectivity index (χ2n) is 5.00. The largest absolute Gasteiger partial charge is 0.489 e. The summed E-state index contributed by atoms with van der Waals surface area (Å²) in [5.74, 6) is 0.0758. The Balaban J connectivity index is 2.11. The third kappa shape index (κ3) is 4.30. The first-order valence-corrected chi connectivity index (χ1v) is 8.25. The van der Waals surface area contributed by atoms with Crippen LogP contribution in [0.4, 0.5) is 5.69 Å². The molecule has 1 atom stereocenters. The van der Waals surface area contributed by atoms with Crippen LogP contribution in [0.3, 0.4) is 0 Å². The maximum absolute atomic E-state index is 12.0. The van der Waals surface area contributed by atoms with Gasteiger partial charge in [-0.3, -0.25) is 4.79 Å². The molecule has 2 rings (SSSR count). The summed E-state index contributed by atoms with van der Waals surface area (Å²) in [4.78, 5) is 13.6. The monoisotopic (exact) mass is 310 g/mol. The molecule has 7 heteroatoms. The molecule has 1 aromatic carbocycles. The lowest BCUT2D eigenvalue weighted by molar-refractivity contribution is -0.117. The highest BCUT2D eigenvalue weighted by atomic mass is 32.2. The summed E-state index contributed by atoms with van der Waals surface area (Å²) < 4.78 is 27.7. The van der Waals surface area contributed by atoms with Gasteiger partial charge in [0.2, 0.25) is 15.9 Å². The number of carbonyl (C=O) groups excluding carboxylic acids is 1. The summed E-state index contributed by atoms with van der Waals surface area (Å²) in [7, 11) is -3.57. The van der Waals surface area contributed by atoms with E-state index in [-0.39, 0.29) is 24.0 Å². The van der Waals surface area contributed by atoms with Crippen LogP contribution in [0.25, 0.3) is 0 Å². The zero-order valence-electron chi connectivity index (χ0n) is 11.6. The molecule has 2 N–H and O–H groups in total. The number of anilines is 1. The normalized spacial score (nSPS) is 18.8. The van der Waals surface area contributed by atoms with E-state index >= 15 is 0 Å². The first kappa shape index (κ1) is 15.5. The number of rotatable bonds is 6. The van der Waals surface area contributed by atoms with Crippen molar-refractivity contribution in [3.8, 4) is 5.75 Å². The van der Waals surface area contributed by atoms with Gasteiger partial charge in [0.15, 0.2) is 0 Å². The molecule has 0 aliphatic carbocycles. The number of hydrogen-bond donors (Lipinski definition) is 1. The first-order valence-electron chi connectivity index (χ1n) is 6.53. The van der Waals surface area contributed by atoms with E-state index in [0.717, 1.165) is 0 Å². The lowest BCUT2D eigenvalue weighted by atomic mass is 10.1. The Labute approximate surface area is 124 Å². The van der Waals surface area contributed by atoms with Crippen molar-refractivity contribution in [2.24, 2.45) is 11.1 Å². The Morgan fingerprint density at radius 3 is 2.90 bits per heavy atom. The van der Waals surface area contributed by atoms with Crippen LogP contribution < -0.4 is 14.8 Å². The SMILES string of the molecule is C=CCOc1cccc(N2CC(CS(N)(=O)=O)CC2=O)c1. The number of carbonyl (C=O) groups is 1. The molecule has 1 aromatic rings. The van der Waals surface area contributed by atoms with Gasteiger partial charge < -0.3 is 9.64 Å². The first-order chi connectivity index (χ1) is 9.89. The van der Waals surface area contributed by atoms with E-state index in [9.17, 15) is 13.2 Å².